The van der Waals surface area contributed by atoms with Crippen molar-refractivity contribution in [2.75, 3.05) is 19.6 Å². The van der Waals surface area contributed by atoms with Crippen LogP contribution < -0.4 is 10.6 Å². The van der Waals surface area contributed by atoms with E-state index in [1.54, 1.807) is 0 Å². The van der Waals surface area contributed by atoms with Crippen LogP contribution in [0.2, 0.25) is 0 Å². The predicted octanol–water partition coefficient (Wildman–Crippen LogP) is 10.7. The summed E-state index contributed by atoms with van der Waals surface area (Å²) in [5, 5.41) is 9.92. The summed E-state index contributed by atoms with van der Waals surface area (Å²) < 4.78 is 0. The lowest BCUT2D eigenvalue weighted by molar-refractivity contribution is 0.618. The smallest absolute Gasteiger partial charge is 0.0294 e. The molecule has 0 bridgehead atoms. The Morgan fingerprint density at radius 3 is 2.06 bits per heavy atom. The van der Waals surface area contributed by atoms with E-state index in [-0.39, 0.29) is 6.04 Å². The fraction of sp³-hybridized carbons (Fsp3) is 0.156. The average molecular weight is 613 g/mol. The molecule has 0 spiro atoms. The molecule has 2 unspecified atom stereocenters. The van der Waals surface area contributed by atoms with E-state index in [1.807, 2.05) is 0 Å². The van der Waals surface area contributed by atoms with Crippen molar-refractivity contribution in [2.45, 2.75) is 25.8 Å². The van der Waals surface area contributed by atoms with Crippen LogP contribution >= 0.6 is 0 Å². The second-order valence-corrected chi connectivity index (χ2v) is 12.3. The number of fused-ring (bicyclic) bond motifs is 1. The van der Waals surface area contributed by atoms with Crippen LogP contribution in [0.15, 0.2) is 164 Å². The first kappa shape index (κ1) is 31.9. The summed E-state index contributed by atoms with van der Waals surface area (Å²) in [7, 11) is 0. The molecule has 47 heavy (non-hydrogen) atoms. The van der Waals surface area contributed by atoms with Gasteiger partial charge in [-0.15, -0.1) is 0 Å². The third-order valence-corrected chi connectivity index (χ3v) is 8.91. The minimum absolute atomic E-state index is 0.222. The van der Waals surface area contributed by atoms with Crippen LogP contribution in [0.4, 0.5) is 0 Å². The predicted molar refractivity (Wildman–Crippen MR) is 203 cm³/mol. The Kier molecular flexibility index (Phi) is 10.9. The van der Waals surface area contributed by atoms with Crippen molar-refractivity contribution >= 4 is 22.4 Å². The summed E-state index contributed by atoms with van der Waals surface area (Å²) in [5.41, 5.74) is 10.0. The molecule has 2 N–H and O–H groups in total. The Labute approximate surface area is 280 Å². The highest BCUT2D eigenvalue weighted by Gasteiger charge is 2.10. The van der Waals surface area contributed by atoms with Gasteiger partial charge in [-0.3, -0.25) is 0 Å². The molecular weight excluding hydrogens is 569 g/mol. The van der Waals surface area contributed by atoms with Crippen molar-refractivity contribution in [3.05, 3.63) is 192 Å². The van der Waals surface area contributed by atoms with Crippen LogP contribution in [0, 0.1) is 0 Å². The minimum Gasteiger partial charge on any atom is -0.313 e. The van der Waals surface area contributed by atoms with E-state index < -0.39 is 0 Å². The van der Waals surface area contributed by atoms with E-state index in [0.29, 0.717) is 5.92 Å². The van der Waals surface area contributed by atoms with Crippen molar-refractivity contribution < 1.29 is 0 Å². The van der Waals surface area contributed by atoms with Gasteiger partial charge >= 0.3 is 0 Å². The van der Waals surface area contributed by atoms with Gasteiger partial charge in [0.05, 0.1) is 0 Å². The van der Waals surface area contributed by atoms with Gasteiger partial charge in [-0.25, -0.2) is 0 Å². The van der Waals surface area contributed by atoms with Crippen molar-refractivity contribution in [3.8, 4) is 11.1 Å². The molecule has 2 heteroatoms. The standard InChI is InChI=1S/C45H44N2/c1-34(36-15-5-3-6-16-36)33-46-30-28-45(37-17-7-4-8-18-37)43-25-13-24-42(32-43)41-23-12-22-40(31-41)35(2)47-29-14-26-39-21-11-20-38-19-9-10-27-44(38)39/h3-28,31-32,34-35,46-47H,29-30,33H2,1-2H3. The van der Waals surface area contributed by atoms with Gasteiger partial charge in [0.1, 0.15) is 0 Å². The molecule has 6 aromatic carbocycles. The maximum Gasteiger partial charge on any atom is 0.0294 e. The highest BCUT2D eigenvalue weighted by molar-refractivity contribution is 5.90. The second-order valence-electron chi connectivity index (χ2n) is 12.3. The summed E-state index contributed by atoms with van der Waals surface area (Å²) in [6.07, 6.45) is 6.78. The zero-order valence-corrected chi connectivity index (χ0v) is 27.4. The Morgan fingerprint density at radius 2 is 1.23 bits per heavy atom. The zero-order valence-electron chi connectivity index (χ0n) is 27.4. The van der Waals surface area contributed by atoms with E-state index in [4.69, 9.17) is 0 Å². The Morgan fingerprint density at radius 1 is 0.596 bits per heavy atom. The number of nitrogens with one attached hydrogen (secondary N) is 2. The maximum absolute atomic E-state index is 3.69. The van der Waals surface area contributed by atoms with E-state index in [9.17, 15) is 0 Å². The molecule has 0 aliphatic carbocycles. The van der Waals surface area contributed by atoms with Gasteiger partial charge in [-0.1, -0.05) is 165 Å². The molecule has 0 aliphatic rings. The van der Waals surface area contributed by atoms with Crippen LogP contribution in [0.5, 0.6) is 0 Å². The van der Waals surface area contributed by atoms with Crippen LogP contribution in [0.3, 0.4) is 0 Å². The van der Waals surface area contributed by atoms with Gasteiger partial charge in [0.2, 0.25) is 0 Å². The largest absolute Gasteiger partial charge is 0.313 e. The normalized spacial score (nSPS) is 13.2. The molecule has 6 rings (SSSR count). The van der Waals surface area contributed by atoms with Crippen molar-refractivity contribution in [1.82, 2.24) is 10.6 Å². The fourth-order valence-corrected chi connectivity index (χ4v) is 6.19. The van der Waals surface area contributed by atoms with Crippen LogP contribution in [-0.4, -0.2) is 19.6 Å². The van der Waals surface area contributed by atoms with Crippen molar-refractivity contribution in [3.63, 3.8) is 0 Å². The molecule has 0 aliphatic heterocycles. The summed E-state index contributed by atoms with van der Waals surface area (Å²) in [5.74, 6) is 0.456. The number of rotatable bonds is 13. The quantitative estimate of drug-likeness (QED) is 0.127. The van der Waals surface area contributed by atoms with Crippen molar-refractivity contribution in [1.29, 1.82) is 0 Å². The van der Waals surface area contributed by atoms with Gasteiger partial charge in [0.25, 0.3) is 0 Å². The molecule has 0 amide bonds. The number of hydrogen-bond donors (Lipinski definition) is 2. The van der Waals surface area contributed by atoms with E-state index >= 15 is 0 Å². The van der Waals surface area contributed by atoms with Gasteiger partial charge in [-0.05, 0) is 80.3 Å². The van der Waals surface area contributed by atoms with Gasteiger partial charge in [0, 0.05) is 25.7 Å². The van der Waals surface area contributed by atoms with Crippen LogP contribution in [0.25, 0.3) is 33.5 Å². The molecule has 0 saturated carbocycles. The Hall–Kier alpha value is -5.02. The summed E-state index contributed by atoms with van der Waals surface area (Å²) in [6, 6.07) is 54.6. The molecule has 6 aromatic rings. The average Bonchev–Trinajstić information content (AvgIpc) is 3.14. The van der Waals surface area contributed by atoms with E-state index in [2.05, 4.69) is 194 Å². The molecule has 0 radical (unpaired) electrons. The van der Waals surface area contributed by atoms with E-state index in [0.717, 1.165) is 19.6 Å². The van der Waals surface area contributed by atoms with Crippen LogP contribution in [0.1, 0.15) is 53.6 Å². The second kappa shape index (κ2) is 16.0. The van der Waals surface area contributed by atoms with Crippen molar-refractivity contribution in [2.24, 2.45) is 0 Å². The lowest BCUT2D eigenvalue weighted by Crippen LogP contribution is -2.20. The highest BCUT2D eigenvalue weighted by Crippen LogP contribution is 2.29. The lowest BCUT2D eigenvalue weighted by atomic mass is 9.93. The van der Waals surface area contributed by atoms with E-state index in [1.165, 1.54) is 55.3 Å². The molecule has 0 fully saturated rings. The molecular formula is C45H44N2. The first-order chi connectivity index (χ1) is 23.2. The molecule has 2 nitrogen and oxygen atoms in total. The van der Waals surface area contributed by atoms with Gasteiger partial charge < -0.3 is 10.6 Å². The monoisotopic (exact) mass is 612 g/mol. The Balaban J connectivity index is 1.14. The third-order valence-electron chi connectivity index (χ3n) is 8.91. The first-order valence-electron chi connectivity index (χ1n) is 16.8. The summed E-state index contributed by atoms with van der Waals surface area (Å²) in [4.78, 5) is 0. The molecule has 234 valence electrons. The molecule has 0 aromatic heterocycles. The molecule has 0 saturated heterocycles. The summed E-state index contributed by atoms with van der Waals surface area (Å²) >= 11 is 0. The van der Waals surface area contributed by atoms with Gasteiger partial charge in [-0.2, -0.15) is 0 Å². The fourth-order valence-electron chi connectivity index (χ4n) is 6.19. The number of benzene rings is 6. The Bertz CT molecular complexity index is 1930. The molecule has 2 atom stereocenters. The topological polar surface area (TPSA) is 24.1 Å². The third kappa shape index (κ3) is 8.42. The van der Waals surface area contributed by atoms with Crippen LogP contribution in [-0.2, 0) is 0 Å². The number of hydrogen-bond acceptors (Lipinski definition) is 2. The molecule has 0 heterocycles. The maximum atomic E-state index is 3.69. The SMILES string of the molecule is CC(CNCC=C(c1ccccc1)c1cccc(-c2cccc(C(C)NCC=Cc3cccc4ccccc34)c2)c1)c1ccccc1. The highest BCUT2D eigenvalue weighted by atomic mass is 14.9. The first-order valence-corrected chi connectivity index (χ1v) is 16.8. The lowest BCUT2D eigenvalue weighted by Gasteiger charge is -2.16. The minimum atomic E-state index is 0.222. The summed E-state index contributed by atoms with van der Waals surface area (Å²) in [6.45, 7) is 7.05. The van der Waals surface area contributed by atoms with Gasteiger partial charge in [0.15, 0.2) is 0 Å². The zero-order chi connectivity index (χ0) is 32.3.